The lowest BCUT2D eigenvalue weighted by Gasteiger charge is -1.59. The minimum atomic E-state index is -0.361. The summed E-state index contributed by atoms with van der Waals surface area (Å²) in [4.78, 5) is 9.52. The summed E-state index contributed by atoms with van der Waals surface area (Å²) in [5.74, 6) is 0. The number of rotatable bonds is 1. The molecule has 0 radical (unpaired) electrons. The van der Waals surface area contributed by atoms with E-state index in [2.05, 4.69) is 24.8 Å². The third kappa shape index (κ3) is 4.11. The van der Waals surface area contributed by atoms with Gasteiger partial charge in [0.05, 0.1) is 5.37 Å². The van der Waals surface area contributed by atoms with Crippen LogP contribution in [0.1, 0.15) is 0 Å². The fourth-order valence-electron chi connectivity index (χ4n) is 0. The summed E-state index contributed by atoms with van der Waals surface area (Å²) in [6.07, 6.45) is 0. The van der Waals surface area contributed by atoms with Gasteiger partial charge < -0.3 is 0 Å². The molecule has 0 spiro atoms. The molecular formula is C2H2OS2. The SMILES string of the molecule is O=C(S)C=S. The third-order valence-electron chi connectivity index (χ3n) is 0.101. The first-order valence-electron chi connectivity index (χ1n) is 0.952. The van der Waals surface area contributed by atoms with Gasteiger partial charge in [0.2, 0.25) is 5.12 Å². The molecule has 0 fully saturated rings. The Morgan fingerprint density at radius 2 is 2.20 bits per heavy atom. The zero-order valence-electron chi connectivity index (χ0n) is 2.34. The van der Waals surface area contributed by atoms with Crippen molar-refractivity contribution in [1.82, 2.24) is 0 Å². The van der Waals surface area contributed by atoms with Gasteiger partial charge in [-0.3, -0.25) is 4.79 Å². The van der Waals surface area contributed by atoms with Gasteiger partial charge in [-0.15, -0.1) is 12.6 Å². The van der Waals surface area contributed by atoms with Gasteiger partial charge in [-0.1, -0.05) is 12.2 Å². The van der Waals surface area contributed by atoms with Crippen LogP contribution in [0, 0.1) is 0 Å². The topological polar surface area (TPSA) is 17.1 Å². The summed E-state index contributed by atoms with van der Waals surface area (Å²) in [5, 5.41) is 0.614. The van der Waals surface area contributed by atoms with E-state index in [1.165, 1.54) is 0 Å². The van der Waals surface area contributed by atoms with E-state index < -0.39 is 0 Å². The molecule has 0 atom stereocenters. The largest absolute Gasteiger partial charge is 0.282 e. The normalized spacial score (nSPS) is 6.60. The number of hydrogen-bond acceptors (Lipinski definition) is 2. The first kappa shape index (κ1) is 5.11. The first-order valence-corrected chi connectivity index (χ1v) is 1.87. The van der Waals surface area contributed by atoms with Gasteiger partial charge in [-0.05, 0) is 0 Å². The highest BCUT2D eigenvalue weighted by molar-refractivity contribution is 8.01. The zero-order valence-corrected chi connectivity index (χ0v) is 4.05. The molecular weight excluding hydrogens is 104 g/mol. The second-order valence-electron chi connectivity index (χ2n) is 0.456. The Balaban J connectivity index is 3.20. The van der Waals surface area contributed by atoms with Crippen molar-refractivity contribution in [3.8, 4) is 0 Å². The molecule has 0 N–H and O–H groups in total. The van der Waals surface area contributed by atoms with Crippen LogP contribution < -0.4 is 0 Å². The standard InChI is InChI=1S/C2H2OS2/c3-2(5)1-4/h1H,(H,3,5). The molecule has 0 rings (SSSR count). The Kier molecular flexibility index (Phi) is 2.41. The average molecular weight is 106 g/mol. The van der Waals surface area contributed by atoms with Gasteiger partial charge in [0, 0.05) is 0 Å². The van der Waals surface area contributed by atoms with Crippen LogP contribution in [-0.2, 0) is 4.79 Å². The molecule has 0 amide bonds. The van der Waals surface area contributed by atoms with E-state index >= 15 is 0 Å². The Hall–Kier alpha value is 0.110. The molecule has 0 aromatic rings. The van der Waals surface area contributed by atoms with E-state index in [9.17, 15) is 4.79 Å². The summed E-state index contributed by atoms with van der Waals surface area (Å²) >= 11 is 7.42. The van der Waals surface area contributed by atoms with Crippen molar-refractivity contribution in [2.45, 2.75) is 0 Å². The van der Waals surface area contributed by atoms with Crippen LogP contribution in [-0.4, -0.2) is 10.5 Å². The van der Waals surface area contributed by atoms with Gasteiger partial charge >= 0.3 is 0 Å². The Morgan fingerprint density at radius 1 is 2.00 bits per heavy atom. The second kappa shape index (κ2) is 2.35. The van der Waals surface area contributed by atoms with Crippen LogP contribution >= 0.6 is 24.8 Å². The van der Waals surface area contributed by atoms with Gasteiger partial charge in [0.15, 0.2) is 0 Å². The Morgan fingerprint density at radius 3 is 2.20 bits per heavy atom. The average Bonchev–Trinajstić information content (AvgIpc) is 1.38. The maximum atomic E-state index is 9.52. The summed E-state index contributed by atoms with van der Waals surface area (Å²) in [7, 11) is 0. The molecule has 5 heavy (non-hydrogen) atoms. The maximum Gasteiger partial charge on any atom is 0.219 e. The fourth-order valence-corrected chi connectivity index (χ4v) is 0. The highest BCUT2D eigenvalue weighted by Crippen LogP contribution is 1.67. The van der Waals surface area contributed by atoms with Crippen LogP contribution in [0.3, 0.4) is 0 Å². The van der Waals surface area contributed by atoms with Gasteiger partial charge in [0.1, 0.15) is 0 Å². The molecule has 28 valence electrons. The van der Waals surface area contributed by atoms with E-state index in [0.717, 1.165) is 5.37 Å². The summed E-state index contributed by atoms with van der Waals surface area (Å²) in [6, 6.07) is 0. The summed E-state index contributed by atoms with van der Waals surface area (Å²) in [6.45, 7) is 0. The van der Waals surface area contributed by atoms with Crippen LogP contribution in [0.25, 0.3) is 0 Å². The third-order valence-corrected chi connectivity index (χ3v) is 0.619. The molecule has 0 heterocycles. The molecule has 0 saturated heterocycles. The smallest absolute Gasteiger partial charge is 0.219 e. The van der Waals surface area contributed by atoms with Crippen molar-refractivity contribution in [3.05, 3.63) is 0 Å². The maximum absolute atomic E-state index is 9.52. The number of hydrogen-bond donors (Lipinski definition) is 1. The Bertz CT molecular complexity index is 58.7. The van der Waals surface area contributed by atoms with E-state index in [0.29, 0.717) is 0 Å². The monoisotopic (exact) mass is 106 g/mol. The van der Waals surface area contributed by atoms with E-state index in [1.807, 2.05) is 0 Å². The quantitative estimate of drug-likeness (QED) is 0.386. The molecule has 0 unspecified atom stereocenters. The van der Waals surface area contributed by atoms with Crippen LogP contribution in [0.5, 0.6) is 0 Å². The van der Waals surface area contributed by atoms with Crippen molar-refractivity contribution >= 4 is 35.3 Å². The van der Waals surface area contributed by atoms with Gasteiger partial charge in [0.25, 0.3) is 0 Å². The van der Waals surface area contributed by atoms with Gasteiger partial charge in [-0.2, -0.15) is 0 Å². The molecule has 3 heteroatoms. The molecule has 0 aromatic heterocycles. The lowest BCUT2D eigenvalue weighted by molar-refractivity contribution is -0.104. The summed E-state index contributed by atoms with van der Waals surface area (Å²) < 4.78 is 0. The fraction of sp³-hybridized carbons (Fsp3) is 0. The van der Waals surface area contributed by atoms with E-state index in [4.69, 9.17) is 0 Å². The van der Waals surface area contributed by atoms with Crippen LogP contribution in [0.15, 0.2) is 0 Å². The molecule has 0 aliphatic rings. The highest BCUT2D eigenvalue weighted by Gasteiger charge is 1.73. The molecule has 0 aliphatic heterocycles. The predicted molar refractivity (Wildman–Crippen MR) is 27.6 cm³/mol. The number of carbonyl (C=O) groups excluding carboxylic acids is 1. The van der Waals surface area contributed by atoms with Crippen molar-refractivity contribution in [2.75, 3.05) is 0 Å². The van der Waals surface area contributed by atoms with E-state index in [-0.39, 0.29) is 5.12 Å². The minimum absolute atomic E-state index is 0.361. The first-order chi connectivity index (χ1) is 2.27. The van der Waals surface area contributed by atoms with Crippen LogP contribution in [0.4, 0.5) is 0 Å². The predicted octanol–water partition coefficient (Wildman–Crippen LogP) is 0.442. The number of carbonyl (C=O) groups is 1. The molecule has 0 bridgehead atoms. The zero-order chi connectivity index (χ0) is 4.28. The number of thiocarbonyl (C=S) groups is 1. The van der Waals surface area contributed by atoms with Crippen LogP contribution in [0.2, 0.25) is 0 Å². The Labute approximate surface area is 40.8 Å². The molecule has 1 nitrogen and oxygen atoms in total. The van der Waals surface area contributed by atoms with Crippen molar-refractivity contribution in [3.63, 3.8) is 0 Å². The minimum Gasteiger partial charge on any atom is -0.282 e. The molecule has 0 aromatic carbocycles. The lowest BCUT2D eigenvalue weighted by atomic mass is 10.9. The van der Waals surface area contributed by atoms with E-state index in [1.54, 1.807) is 0 Å². The van der Waals surface area contributed by atoms with Crippen molar-refractivity contribution < 1.29 is 4.79 Å². The molecule has 0 aliphatic carbocycles. The summed E-state index contributed by atoms with van der Waals surface area (Å²) in [5.41, 5.74) is 0. The van der Waals surface area contributed by atoms with Crippen molar-refractivity contribution in [2.24, 2.45) is 0 Å². The second-order valence-corrected chi connectivity index (χ2v) is 1.13. The molecule has 0 saturated carbocycles. The van der Waals surface area contributed by atoms with Crippen molar-refractivity contribution in [1.29, 1.82) is 0 Å². The highest BCUT2D eigenvalue weighted by atomic mass is 32.1. The number of thiol groups is 1. The lowest BCUT2D eigenvalue weighted by Crippen LogP contribution is -1.77. The van der Waals surface area contributed by atoms with Gasteiger partial charge in [-0.25, -0.2) is 0 Å².